The third kappa shape index (κ3) is 3.40. The highest BCUT2D eigenvalue weighted by Crippen LogP contribution is 2.18. The van der Waals surface area contributed by atoms with Crippen molar-refractivity contribution in [2.24, 2.45) is 0 Å². The molecule has 0 saturated heterocycles. The Balaban J connectivity index is 2.16. The standard InChI is InChI=1S/C11H15N7O2/c1-4-19-7-5-6-8(17-16-7)20-11-14-9(12)13-10(15-11)18(2)3/h5-6H,4H2,1-3H3,(H2,12,13,14,15). The number of aromatic nitrogens is 5. The smallest absolute Gasteiger partial charge is 0.330 e. The molecule has 20 heavy (non-hydrogen) atoms. The van der Waals surface area contributed by atoms with E-state index in [1.807, 2.05) is 6.92 Å². The molecule has 0 saturated carbocycles. The van der Waals surface area contributed by atoms with E-state index in [0.29, 0.717) is 18.4 Å². The van der Waals surface area contributed by atoms with E-state index < -0.39 is 0 Å². The van der Waals surface area contributed by atoms with Gasteiger partial charge < -0.3 is 20.1 Å². The van der Waals surface area contributed by atoms with Gasteiger partial charge in [0.1, 0.15) is 0 Å². The van der Waals surface area contributed by atoms with Crippen LogP contribution in [0.2, 0.25) is 0 Å². The van der Waals surface area contributed by atoms with Crippen molar-refractivity contribution in [1.29, 1.82) is 0 Å². The number of rotatable bonds is 5. The minimum absolute atomic E-state index is 0.0552. The summed E-state index contributed by atoms with van der Waals surface area (Å²) in [5, 5.41) is 7.68. The van der Waals surface area contributed by atoms with Crippen molar-refractivity contribution >= 4 is 11.9 Å². The Morgan fingerprint density at radius 2 is 1.80 bits per heavy atom. The zero-order chi connectivity index (χ0) is 14.5. The summed E-state index contributed by atoms with van der Waals surface area (Å²) < 4.78 is 10.6. The Hall–Kier alpha value is -2.71. The van der Waals surface area contributed by atoms with Crippen LogP contribution in [0.5, 0.6) is 17.8 Å². The second kappa shape index (κ2) is 5.95. The first-order chi connectivity index (χ1) is 9.58. The van der Waals surface area contributed by atoms with E-state index in [9.17, 15) is 0 Å². The average molecular weight is 277 g/mol. The molecule has 0 aromatic carbocycles. The summed E-state index contributed by atoms with van der Waals surface area (Å²) in [5.41, 5.74) is 5.59. The molecule has 9 heteroatoms. The zero-order valence-corrected chi connectivity index (χ0v) is 11.4. The molecule has 2 rings (SSSR count). The second-order valence-electron chi connectivity index (χ2n) is 3.92. The van der Waals surface area contributed by atoms with Gasteiger partial charge in [-0.15, -0.1) is 10.2 Å². The minimum atomic E-state index is 0.0552. The van der Waals surface area contributed by atoms with Crippen LogP contribution in [-0.4, -0.2) is 45.9 Å². The lowest BCUT2D eigenvalue weighted by Gasteiger charge is -2.11. The van der Waals surface area contributed by atoms with Crippen LogP contribution in [0.3, 0.4) is 0 Å². The maximum Gasteiger partial charge on any atom is 0.330 e. The molecule has 0 aliphatic carbocycles. The molecule has 0 aliphatic rings. The highest BCUT2D eigenvalue weighted by molar-refractivity contribution is 5.34. The van der Waals surface area contributed by atoms with Crippen LogP contribution < -0.4 is 20.1 Å². The highest BCUT2D eigenvalue weighted by atomic mass is 16.5. The van der Waals surface area contributed by atoms with Crippen molar-refractivity contribution in [3.05, 3.63) is 12.1 Å². The van der Waals surface area contributed by atoms with Crippen molar-refractivity contribution in [2.45, 2.75) is 6.92 Å². The molecule has 0 atom stereocenters. The maximum atomic E-state index is 5.59. The molecule has 0 spiro atoms. The van der Waals surface area contributed by atoms with Gasteiger partial charge >= 0.3 is 6.01 Å². The Kier molecular flexibility index (Phi) is 4.08. The maximum absolute atomic E-state index is 5.59. The summed E-state index contributed by atoms with van der Waals surface area (Å²) in [6.07, 6.45) is 0. The SMILES string of the molecule is CCOc1ccc(Oc2nc(N)nc(N(C)C)n2)nn1. The number of nitrogens with zero attached hydrogens (tertiary/aromatic N) is 6. The van der Waals surface area contributed by atoms with E-state index in [1.165, 1.54) is 0 Å². The summed E-state index contributed by atoms with van der Waals surface area (Å²) in [4.78, 5) is 13.6. The monoisotopic (exact) mass is 277 g/mol. The van der Waals surface area contributed by atoms with Crippen LogP contribution in [0.15, 0.2) is 12.1 Å². The molecule has 0 bridgehead atoms. The predicted molar refractivity (Wildman–Crippen MR) is 71.8 cm³/mol. The molecule has 0 fully saturated rings. The summed E-state index contributed by atoms with van der Waals surface area (Å²) >= 11 is 0. The number of anilines is 2. The number of nitrogens with two attached hydrogens (primary N) is 1. The van der Waals surface area contributed by atoms with Crippen molar-refractivity contribution < 1.29 is 9.47 Å². The van der Waals surface area contributed by atoms with Crippen LogP contribution in [0, 0.1) is 0 Å². The summed E-state index contributed by atoms with van der Waals surface area (Å²) in [5.74, 6) is 1.12. The van der Waals surface area contributed by atoms with Gasteiger partial charge in [-0.05, 0) is 6.92 Å². The first-order valence-corrected chi connectivity index (χ1v) is 5.91. The third-order valence-electron chi connectivity index (χ3n) is 2.12. The molecule has 0 unspecified atom stereocenters. The van der Waals surface area contributed by atoms with Gasteiger partial charge in [-0.2, -0.15) is 15.0 Å². The Labute approximate surface area is 115 Å². The van der Waals surface area contributed by atoms with Crippen LogP contribution in [0.25, 0.3) is 0 Å². The molecule has 2 N–H and O–H groups in total. The van der Waals surface area contributed by atoms with Crippen molar-refractivity contribution in [2.75, 3.05) is 31.3 Å². The van der Waals surface area contributed by atoms with Crippen LogP contribution in [-0.2, 0) is 0 Å². The first kappa shape index (κ1) is 13.7. The topological polar surface area (TPSA) is 112 Å². The largest absolute Gasteiger partial charge is 0.477 e. The van der Waals surface area contributed by atoms with Gasteiger partial charge in [-0.3, -0.25) is 0 Å². The fourth-order valence-electron chi connectivity index (χ4n) is 1.29. The Bertz CT molecular complexity index is 573. The van der Waals surface area contributed by atoms with E-state index in [0.717, 1.165) is 0 Å². The highest BCUT2D eigenvalue weighted by Gasteiger charge is 2.09. The van der Waals surface area contributed by atoms with Crippen LogP contribution in [0.4, 0.5) is 11.9 Å². The van der Waals surface area contributed by atoms with Gasteiger partial charge in [0.25, 0.3) is 0 Å². The lowest BCUT2D eigenvalue weighted by Crippen LogP contribution is -2.15. The molecule has 2 aromatic heterocycles. The lowest BCUT2D eigenvalue weighted by molar-refractivity contribution is 0.318. The molecule has 0 radical (unpaired) electrons. The summed E-state index contributed by atoms with van der Waals surface area (Å²) in [6.45, 7) is 2.38. The van der Waals surface area contributed by atoms with E-state index in [1.54, 1.807) is 31.1 Å². The van der Waals surface area contributed by atoms with Crippen LogP contribution in [0.1, 0.15) is 6.92 Å². The molecule has 2 heterocycles. The van der Waals surface area contributed by atoms with E-state index in [4.69, 9.17) is 15.2 Å². The van der Waals surface area contributed by atoms with E-state index in [2.05, 4.69) is 25.1 Å². The van der Waals surface area contributed by atoms with Crippen molar-refractivity contribution in [3.63, 3.8) is 0 Å². The number of ether oxygens (including phenoxy) is 2. The number of hydrogen-bond donors (Lipinski definition) is 1. The van der Waals surface area contributed by atoms with E-state index >= 15 is 0 Å². The van der Waals surface area contributed by atoms with Gasteiger partial charge in [0.15, 0.2) is 0 Å². The lowest BCUT2D eigenvalue weighted by atomic mass is 10.5. The average Bonchev–Trinajstić information content (AvgIpc) is 2.40. The summed E-state index contributed by atoms with van der Waals surface area (Å²) in [7, 11) is 3.57. The molecule has 2 aromatic rings. The molecule has 0 aliphatic heterocycles. The van der Waals surface area contributed by atoms with Crippen LogP contribution >= 0.6 is 0 Å². The second-order valence-corrected chi connectivity index (χ2v) is 3.92. The first-order valence-electron chi connectivity index (χ1n) is 5.91. The van der Waals surface area contributed by atoms with Crippen molar-refractivity contribution in [1.82, 2.24) is 25.1 Å². The van der Waals surface area contributed by atoms with E-state index in [-0.39, 0.29) is 17.8 Å². The zero-order valence-electron chi connectivity index (χ0n) is 11.4. The third-order valence-corrected chi connectivity index (χ3v) is 2.12. The van der Waals surface area contributed by atoms with Crippen molar-refractivity contribution in [3.8, 4) is 17.8 Å². The van der Waals surface area contributed by atoms with Gasteiger partial charge in [0.2, 0.25) is 23.7 Å². The Morgan fingerprint density at radius 1 is 1.10 bits per heavy atom. The van der Waals surface area contributed by atoms with Gasteiger partial charge in [0.05, 0.1) is 6.61 Å². The van der Waals surface area contributed by atoms with Gasteiger partial charge in [0, 0.05) is 26.2 Å². The van der Waals surface area contributed by atoms with Gasteiger partial charge in [-0.25, -0.2) is 0 Å². The molecule has 106 valence electrons. The molecular weight excluding hydrogens is 262 g/mol. The normalized spacial score (nSPS) is 10.2. The summed E-state index contributed by atoms with van der Waals surface area (Å²) in [6, 6.07) is 3.30. The molecular formula is C11H15N7O2. The minimum Gasteiger partial charge on any atom is -0.477 e. The predicted octanol–water partition coefficient (Wildman–Crippen LogP) is 0.501. The quantitative estimate of drug-likeness (QED) is 0.834. The number of nitrogen functional groups attached to an aromatic ring is 1. The number of hydrogen-bond acceptors (Lipinski definition) is 9. The van der Waals surface area contributed by atoms with Gasteiger partial charge in [-0.1, -0.05) is 0 Å². The molecule has 9 nitrogen and oxygen atoms in total. The Morgan fingerprint density at radius 3 is 2.40 bits per heavy atom. The fourth-order valence-corrected chi connectivity index (χ4v) is 1.29. The fraction of sp³-hybridized carbons (Fsp3) is 0.364. The molecule has 0 amide bonds.